The molecule has 1 fully saturated rings. The number of hydrogen-bond acceptors (Lipinski definition) is 2. The molecule has 0 bridgehead atoms. The average Bonchev–Trinajstić information content (AvgIpc) is 2.56. The predicted octanol–water partition coefficient (Wildman–Crippen LogP) is 4.74. The van der Waals surface area contributed by atoms with Gasteiger partial charge in [-0.15, -0.1) is 0 Å². The number of rotatable bonds is 3. The molecule has 1 saturated carbocycles. The molecule has 1 aromatic carbocycles. The fourth-order valence-corrected chi connectivity index (χ4v) is 4.64. The van der Waals surface area contributed by atoms with E-state index in [1.54, 1.807) is 11.1 Å². The predicted molar refractivity (Wildman–Crippen MR) is 97.8 cm³/mol. The van der Waals surface area contributed by atoms with Gasteiger partial charge < -0.3 is 10.6 Å². The molecule has 0 heterocycles. The zero-order chi connectivity index (χ0) is 16.2. The summed E-state index contributed by atoms with van der Waals surface area (Å²) in [6.07, 6.45) is 6.73. The lowest BCUT2D eigenvalue weighted by Gasteiger charge is -2.50. The molecule has 0 saturated heterocycles. The highest BCUT2D eigenvalue weighted by molar-refractivity contribution is 5.52. The maximum atomic E-state index is 3.76. The van der Waals surface area contributed by atoms with Gasteiger partial charge in [0.2, 0.25) is 0 Å². The molecule has 2 aliphatic rings. The van der Waals surface area contributed by atoms with E-state index < -0.39 is 0 Å². The molecule has 3 rings (SSSR count). The van der Waals surface area contributed by atoms with E-state index in [4.69, 9.17) is 0 Å². The minimum atomic E-state index is 0.367. The van der Waals surface area contributed by atoms with Gasteiger partial charge in [0.05, 0.1) is 0 Å². The van der Waals surface area contributed by atoms with Gasteiger partial charge in [-0.3, -0.25) is 0 Å². The molecule has 2 nitrogen and oxygen atoms in total. The van der Waals surface area contributed by atoms with E-state index in [-0.39, 0.29) is 0 Å². The highest BCUT2D eigenvalue weighted by Gasteiger charge is 2.46. The topological polar surface area (TPSA) is 24.1 Å². The summed E-state index contributed by atoms with van der Waals surface area (Å²) in [5, 5.41) is 7.07. The molecule has 0 aliphatic heterocycles. The quantitative estimate of drug-likeness (QED) is 0.843. The fourth-order valence-electron chi connectivity index (χ4n) is 4.64. The third kappa shape index (κ3) is 3.03. The molecular formula is C20H34N2. The number of nitrogens with one attached hydrogen (secondary N) is 2. The van der Waals surface area contributed by atoms with Gasteiger partial charge in [0, 0.05) is 18.8 Å². The molecule has 22 heavy (non-hydrogen) atoms. The van der Waals surface area contributed by atoms with Crippen molar-refractivity contribution in [2.24, 2.45) is 5.92 Å². The van der Waals surface area contributed by atoms with Crippen molar-refractivity contribution in [2.45, 2.75) is 71.3 Å². The molecule has 0 radical (unpaired) electrons. The van der Waals surface area contributed by atoms with E-state index in [9.17, 15) is 0 Å². The third-order valence-electron chi connectivity index (χ3n) is 5.69. The minimum absolute atomic E-state index is 0.367. The van der Waals surface area contributed by atoms with Crippen molar-refractivity contribution in [2.75, 3.05) is 18.9 Å². The average molecular weight is 303 g/mol. The maximum absolute atomic E-state index is 3.76. The standard InChI is InChI=1S/C18H28N2.C2H6/c1-4-20-17-11-13-8-9-14(19-3)12-16(13)18(2)10-6-5-7-15(17)18;1-2/h8-9,12,15,17,19-20H,4-7,10-11H2,1-3H3;1-2H3/t15?,17-,18?;/m0./s1. The third-order valence-corrected chi connectivity index (χ3v) is 5.69. The largest absolute Gasteiger partial charge is 0.388 e. The zero-order valence-electron chi connectivity index (χ0n) is 15.1. The Hall–Kier alpha value is -1.02. The summed E-state index contributed by atoms with van der Waals surface area (Å²) >= 11 is 0. The second kappa shape index (κ2) is 7.50. The molecule has 1 aromatic rings. The normalized spacial score (nSPS) is 29.7. The number of hydrogen-bond donors (Lipinski definition) is 2. The van der Waals surface area contributed by atoms with Crippen molar-refractivity contribution in [3.63, 3.8) is 0 Å². The summed E-state index contributed by atoms with van der Waals surface area (Å²) in [5.74, 6) is 0.802. The van der Waals surface area contributed by atoms with Crippen molar-refractivity contribution >= 4 is 5.69 Å². The van der Waals surface area contributed by atoms with Gasteiger partial charge in [-0.1, -0.05) is 46.6 Å². The SMILES string of the molecule is CC.CCN[C@H]1Cc2ccc(NC)cc2C2(C)CCCCC12. The van der Waals surface area contributed by atoms with Gasteiger partial charge >= 0.3 is 0 Å². The Morgan fingerprint density at radius 3 is 2.68 bits per heavy atom. The van der Waals surface area contributed by atoms with Crippen LogP contribution >= 0.6 is 0 Å². The van der Waals surface area contributed by atoms with E-state index in [1.807, 2.05) is 20.9 Å². The lowest BCUT2D eigenvalue weighted by Crippen LogP contribution is -2.52. The lowest BCUT2D eigenvalue weighted by molar-refractivity contribution is 0.138. The van der Waals surface area contributed by atoms with Gasteiger partial charge in [-0.05, 0) is 60.4 Å². The Bertz CT molecular complexity index is 483. The Morgan fingerprint density at radius 1 is 1.23 bits per heavy atom. The maximum Gasteiger partial charge on any atom is 0.0340 e. The summed E-state index contributed by atoms with van der Waals surface area (Å²) in [5.41, 5.74) is 4.81. The van der Waals surface area contributed by atoms with Gasteiger partial charge in [-0.2, -0.15) is 0 Å². The highest BCUT2D eigenvalue weighted by Crippen LogP contribution is 2.50. The van der Waals surface area contributed by atoms with Crippen LogP contribution in [0.5, 0.6) is 0 Å². The first kappa shape index (κ1) is 17.3. The number of likely N-dealkylation sites (N-methyl/N-ethyl adjacent to an activating group) is 1. The fraction of sp³-hybridized carbons (Fsp3) is 0.700. The summed E-state index contributed by atoms with van der Waals surface area (Å²) in [4.78, 5) is 0. The Labute approximate surface area is 137 Å². The van der Waals surface area contributed by atoms with Crippen molar-refractivity contribution < 1.29 is 0 Å². The van der Waals surface area contributed by atoms with Crippen LogP contribution in [0.4, 0.5) is 5.69 Å². The van der Waals surface area contributed by atoms with Crippen molar-refractivity contribution in [3.8, 4) is 0 Å². The summed E-state index contributed by atoms with van der Waals surface area (Å²) in [6, 6.07) is 7.66. The number of anilines is 1. The Morgan fingerprint density at radius 2 is 2.00 bits per heavy atom. The van der Waals surface area contributed by atoms with Crippen LogP contribution in [0.2, 0.25) is 0 Å². The second-order valence-corrected chi connectivity index (χ2v) is 6.76. The smallest absolute Gasteiger partial charge is 0.0340 e. The number of fused-ring (bicyclic) bond motifs is 3. The molecule has 0 spiro atoms. The van der Waals surface area contributed by atoms with E-state index in [2.05, 4.69) is 42.7 Å². The molecule has 3 atom stereocenters. The Balaban J connectivity index is 0.000000847. The molecular weight excluding hydrogens is 268 g/mol. The first-order valence-electron chi connectivity index (χ1n) is 9.23. The van der Waals surface area contributed by atoms with Crippen LogP contribution < -0.4 is 10.6 Å². The van der Waals surface area contributed by atoms with E-state index in [0.29, 0.717) is 11.5 Å². The van der Waals surface area contributed by atoms with Crippen molar-refractivity contribution in [1.29, 1.82) is 0 Å². The minimum Gasteiger partial charge on any atom is -0.388 e. The van der Waals surface area contributed by atoms with Gasteiger partial charge in [0.25, 0.3) is 0 Å². The molecule has 2 N–H and O–H groups in total. The van der Waals surface area contributed by atoms with Crippen LogP contribution in [0.3, 0.4) is 0 Å². The van der Waals surface area contributed by atoms with Crippen LogP contribution in [0.1, 0.15) is 64.5 Å². The van der Waals surface area contributed by atoms with Crippen LogP contribution in [0, 0.1) is 5.92 Å². The van der Waals surface area contributed by atoms with Crippen LogP contribution in [0.15, 0.2) is 18.2 Å². The molecule has 2 unspecified atom stereocenters. The van der Waals surface area contributed by atoms with Crippen molar-refractivity contribution in [1.82, 2.24) is 5.32 Å². The first-order chi connectivity index (χ1) is 10.7. The van der Waals surface area contributed by atoms with E-state index >= 15 is 0 Å². The van der Waals surface area contributed by atoms with E-state index in [0.717, 1.165) is 12.5 Å². The zero-order valence-corrected chi connectivity index (χ0v) is 15.1. The molecule has 0 aromatic heterocycles. The molecule has 2 heteroatoms. The van der Waals surface area contributed by atoms with E-state index in [1.165, 1.54) is 37.8 Å². The van der Waals surface area contributed by atoms with Gasteiger partial charge in [0.1, 0.15) is 0 Å². The molecule has 0 amide bonds. The molecule has 2 aliphatic carbocycles. The van der Waals surface area contributed by atoms with Crippen LogP contribution in [-0.4, -0.2) is 19.6 Å². The van der Waals surface area contributed by atoms with Crippen LogP contribution in [0.25, 0.3) is 0 Å². The lowest BCUT2D eigenvalue weighted by atomic mass is 9.56. The second-order valence-electron chi connectivity index (χ2n) is 6.76. The highest BCUT2D eigenvalue weighted by atomic mass is 14.9. The van der Waals surface area contributed by atoms with Gasteiger partial charge in [0.15, 0.2) is 0 Å². The monoisotopic (exact) mass is 302 g/mol. The van der Waals surface area contributed by atoms with Crippen LogP contribution in [-0.2, 0) is 11.8 Å². The van der Waals surface area contributed by atoms with Gasteiger partial charge in [-0.25, -0.2) is 0 Å². The summed E-state index contributed by atoms with van der Waals surface area (Å²) < 4.78 is 0. The number of benzene rings is 1. The first-order valence-corrected chi connectivity index (χ1v) is 9.23. The van der Waals surface area contributed by atoms with Crippen molar-refractivity contribution in [3.05, 3.63) is 29.3 Å². The Kier molecular flexibility index (Phi) is 5.91. The molecule has 124 valence electrons. The summed E-state index contributed by atoms with van der Waals surface area (Å²) in [7, 11) is 2.02. The summed E-state index contributed by atoms with van der Waals surface area (Å²) in [6.45, 7) is 9.83.